The SMILES string of the molecule is C1CC2(CCO1)CNC2.CCOC(=O)c1cc2c(s1)-c1ccccc1N(C(=O)c1ccc(NC(=O)c3cc(C)cnc3Cl)cc1)CC2.CCOC(=O)c1cc2c(s1)-c1ccccc1N(C(=O)c1ccc(NC(=O)c3cc(C)cnc3N3CC4(CCOCC4)C3)cc1)CC2. The molecule has 4 aromatic heterocycles. The third-order valence-electron chi connectivity index (χ3n) is 17.9. The summed E-state index contributed by atoms with van der Waals surface area (Å²) in [6.45, 7) is 16.7. The van der Waals surface area contributed by atoms with E-state index in [1.54, 1.807) is 90.6 Å². The number of carbonyl (C=O) groups excluding carboxylic acids is 6. The molecule has 18 nitrogen and oxygen atoms in total. The van der Waals surface area contributed by atoms with Gasteiger partial charge in [0.2, 0.25) is 0 Å². The van der Waals surface area contributed by atoms with E-state index in [1.165, 1.54) is 48.6 Å². The predicted octanol–water partition coefficient (Wildman–Crippen LogP) is 13.2. The maximum absolute atomic E-state index is 13.9. The molecule has 3 N–H and O–H groups in total. The number of thiophene rings is 2. The van der Waals surface area contributed by atoms with Crippen molar-refractivity contribution in [3.05, 3.63) is 193 Å². The molecule has 93 heavy (non-hydrogen) atoms. The van der Waals surface area contributed by atoms with Crippen molar-refractivity contribution >= 4 is 98.4 Å². The van der Waals surface area contributed by atoms with E-state index >= 15 is 0 Å². The lowest BCUT2D eigenvalue weighted by molar-refractivity contribution is -0.0130. The lowest BCUT2D eigenvalue weighted by Gasteiger charge is -2.53. The van der Waals surface area contributed by atoms with Crippen LogP contribution >= 0.6 is 34.3 Å². The number of nitrogens with zero attached hydrogens (tertiary/aromatic N) is 5. The van der Waals surface area contributed by atoms with Crippen LogP contribution in [-0.2, 0) is 31.8 Å². The second-order valence-corrected chi connectivity index (χ2v) is 26.8. The van der Waals surface area contributed by atoms with Gasteiger partial charge in [0.1, 0.15) is 20.7 Å². The summed E-state index contributed by atoms with van der Waals surface area (Å²) in [7, 11) is 0. The number of pyridine rings is 2. The van der Waals surface area contributed by atoms with E-state index in [0.717, 1.165) is 107 Å². The van der Waals surface area contributed by atoms with Crippen molar-refractivity contribution < 1.29 is 47.7 Å². The van der Waals surface area contributed by atoms with E-state index in [-0.39, 0.29) is 51.7 Å². The average molecular weight is 1310 g/mol. The van der Waals surface area contributed by atoms with E-state index in [9.17, 15) is 28.8 Å². The largest absolute Gasteiger partial charge is 0.462 e. The van der Waals surface area contributed by atoms with Crippen molar-refractivity contribution in [2.75, 3.05) is 104 Å². The highest BCUT2D eigenvalue weighted by Crippen LogP contribution is 2.45. The number of aromatic nitrogens is 2. The molecule has 10 heterocycles. The number of nitrogens with one attached hydrogen (secondary N) is 3. The van der Waals surface area contributed by atoms with Gasteiger partial charge in [0.05, 0.1) is 35.7 Å². The first-order valence-electron chi connectivity index (χ1n) is 31.6. The zero-order valence-electron chi connectivity index (χ0n) is 52.4. The van der Waals surface area contributed by atoms with Gasteiger partial charge in [-0.15, -0.1) is 22.7 Å². The number of rotatable bonds is 11. The van der Waals surface area contributed by atoms with Gasteiger partial charge in [0, 0.05) is 127 Å². The standard InChI is InChI=1S/C36H36N4O5S.C29H24ClN3O4S.C7H13NO/c1-3-45-35(43)30-19-25-12-15-40(29-7-5-4-6-27(29)31(25)46-30)34(42)24-8-10-26(11-9-24)38-33(41)28-18-23(2)20-37-32(28)39-21-36(22-39)13-16-44-17-14-36;1-3-37-29(36)24-15-19-12-13-33(23-7-5-4-6-21(23)25(19)38-24)28(35)18-8-10-20(11-9-18)32-27(34)22-14-17(2)16-31-26(22)30;1-3-9-4-2-7(1)5-8-6-7/h4-11,18-20H,3,12-17,21-22H2,1-2H3,(H,38,41);4-11,14-16H,3,12-13H2,1-2H3,(H,32,34);8H,1-6H2. The van der Waals surface area contributed by atoms with E-state index in [2.05, 4.69) is 30.8 Å². The quantitative estimate of drug-likeness (QED) is 0.0813. The number of halogens is 1. The number of benzene rings is 4. The van der Waals surface area contributed by atoms with Crippen molar-refractivity contribution in [2.45, 2.75) is 66.2 Å². The maximum atomic E-state index is 13.9. The molecule has 4 aromatic carbocycles. The number of carbonyl (C=O) groups is 6. The second-order valence-electron chi connectivity index (χ2n) is 24.3. The molecule has 0 radical (unpaired) electrons. The van der Waals surface area contributed by atoms with Gasteiger partial charge in [-0.1, -0.05) is 48.0 Å². The van der Waals surface area contributed by atoms with E-state index < -0.39 is 0 Å². The molecule has 8 aromatic rings. The van der Waals surface area contributed by atoms with Crippen LogP contribution in [-0.4, -0.2) is 124 Å². The monoisotopic (exact) mass is 1310 g/mol. The van der Waals surface area contributed by atoms with E-state index in [1.807, 2.05) is 80.6 Å². The zero-order valence-corrected chi connectivity index (χ0v) is 54.8. The summed E-state index contributed by atoms with van der Waals surface area (Å²) in [4.78, 5) is 95.9. The molecule has 2 spiro atoms. The number of amides is 4. The summed E-state index contributed by atoms with van der Waals surface area (Å²) < 4.78 is 21.2. The minimum absolute atomic E-state index is 0.127. The molecule has 14 rings (SSSR count). The van der Waals surface area contributed by atoms with Crippen LogP contribution in [0.25, 0.3) is 20.9 Å². The van der Waals surface area contributed by atoms with Crippen LogP contribution < -0.4 is 30.7 Å². The summed E-state index contributed by atoms with van der Waals surface area (Å²) in [5.74, 6) is -0.832. The molecular weight excluding hydrogens is 1240 g/mol. The van der Waals surface area contributed by atoms with Gasteiger partial charge in [-0.05, 0) is 179 Å². The Morgan fingerprint density at radius 1 is 0.581 bits per heavy atom. The number of para-hydroxylation sites is 2. The summed E-state index contributed by atoms with van der Waals surface area (Å²) >= 11 is 8.88. The van der Waals surface area contributed by atoms with Crippen LogP contribution in [0.2, 0.25) is 5.15 Å². The molecule has 0 unspecified atom stereocenters. The first kappa shape index (κ1) is 64.5. The highest BCUT2D eigenvalue weighted by atomic mass is 35.5. The van der Waals surface area contributed by atoms with Gasteiger partial charge in [0.15, 0.2) is 0 Å². The molecule has 0 aliphatic carbocycles. The van der Waals surface area contributed by atoms with Crippen LogP contribution in [0.1, 0.15) is 123 Å². The number of aryl methyl sites for hydroxylation is 2. The predicted molar refractivity (Wildman–Crippen MR) is 364 cm³/mol. The maximum Gasteiger partial charge on any atom is 0.348 e. The Balaban J connectivity index is 0.000000159. The topological polar surface area (TPSA) is 211 Å². The first-order chi connectivity index (χ1) is 45.1. The smallest absolute Gasteiger partial charge is 0.348 e. The molecule has 0 atom stereocenters. The average Bonchev–Trinajstić information content (AvgIpc) is 1.65. The summed E-state index contributed by atoms with van der Waals surface area (Å²) in [5, 5.41) is 9.26. The van der Waals surface area contributed by atoms with Crippen molar-refractivity contribution in [1.29, 1.82) is 0 Å². The Kier molecular flexibility index (Phi) is 19.6. The molecule has 0 bridgehead atoms. The van der Waals surface area contributed by atoms with Gasteiger partial charge < -0.3 is 49.6 Å². The Hall–Kier alpha value is -8.63. The van der Waals surface area contributed by atoms with Crippen molar-refractivity contribution in [3.63, 3.8) is 0 Å². The van der Waals surface area contributed by atoms with Gasteiger partial charge in [-0.25, -0.2) is 19.6 Å². The minimum Gasteiger partial charge on any atom is -0.462 e. The van der Waals surface area contributed by atoms with Gasteiger partial charge in [-0.3, -0.25) is 19.2 Å². The van der Waals surface area contributed by atoms with Gasteiger partial charge in [-0.2, -0.15) is 0 Å². The Morgan fingerprint density at radius 3 is 1.47 bits per heavy atom. The van der Waals surface area contributed by atoms with Crippen molar-refractivity contribution in [3.8, 4) is 20.9 Å². The molecule has 0 saturated carbocycles. The molecular formula is C72H73ClN8O10S2. The zero-order chi connectivity index (χ0) is 64.8. The Bertz CT molecular complexity index is 4110. The number of hydrogen-bond donors (Lipinski definition) is 3. The van der Waals surface area contributed by atoms with Crippen molar-refractivity contribution in [1.82, 2.24) is 15.3 Å². The second kappa shape index (κ2) is 28.3. The fourth-order valence-electron chi connectivity index (χ4n) is 12.7. The number of esters is 2. The highest BCUT2D eigenvalue weighted by molar-refractivity contribution is 7.18. The number of anilines is 5. The Morgan fingerprint density at radius 2 is 1.02 bits per heavy atom. The minimum atomic E-state index is -0.375. The van der Waals surface area contributed by atoms with Gasteiger partial charge >= 0.3 is 11.9 Å². The van der Waals surface area contributed by atoms with E-state index in [0.29, 0.717) is 88.2 Å². The van der Waals surface area contributed by atoms with Crippen LogP contribution in [0.5, 0.6) is 0 Å². The van der Waals surface area contributed by atoms with Crippen LogP contribution in [0.3, 0.4) is 0 Å². The first-order valence-corrected chi connectivity index (χ1v) is 33.6. The lowest BCUT2D eigenvalue weighted by Crippen LogP contribution is -2.59. The van der Waals surface area contributed by atoms with Gasteiger partial charge in [0.25, 0.3) is 23.6 Å². The van der Waals surface area contributed by atoms with Crippen LogP contribution in [0.15, 0.2) is 134 Å². The van der Waals surface area contributed by atoms with Crippen molar-refractivity contribution in [2.24, 2.45) is 10.8 Å². The summed E-state index contributed by atoms with van der Waals surface area (Å²) in [6.07, 6.45) is 9.25. The third-order valence-corrected chi connectivity index (χ3v) is 20.5. The lowest BCUT2D eigenvalue weighted by atomic mass is 9.73. The Labute approximate surface area is 553 Å². The fourth-order valence-corrected chi connectivity index (χ4v) is 15.1. The molecule has 4 amide bonds. The molecule has 6 aliphatic heterocycles. The molecule has 4 fully saturated rings. The molecule has 6 aliphatic rings. The summed E-state index contributed by atoms with van der Waals surface area (Å²) in [6, 6.07) is 36.6. The molecule has 4 saturated heterocycles. The number of fused-ring (bicyclic) bond motifs is 6. The molecule has 480 valence electrons. The summed E-state index contributed by atoms with van der Waals surface area (Å²) in [5.41, 5.74) is 11.1. The fraction of sp³-hybridized carbons (Fsp3) is 0.333. The highest BCUT2D eigenvalue weighted by Gasteiger charge is 2.45. The van der Waals surface area contributed by atoms with E-state index in [4.69, 9.17) is 30.5 Å². The normalized spacial score (nSPS) is 16.3. The van der Waals surface area contributed by atoms with Crippen LogP contribution in [0, 0.1) is 24.7 Å². The third kappa shape index (κ3) is 14.2. The molecule has 21 heteroatoms. The number of ether oxygens (including phenoxy) is 4. The van der Waals surface area contributed by atoms with Crippen LogP contribution in [0.4, 0.5) is 28.6 Å². The number of hydrogen-bond acceptors (Lipinski definition) is 16.